The van der Waals surface area contributed by atoms with Gasteiger partial charge in [0.1, 0.15) is 0 Å². The van der Waals surface area contributed by atoms with Crippen molar-refractivity contribution in [3.63, 3.8) is 0 Å². The molecule has 17 heavy (non-hydrogen) atoms. The third-order valence-corrected chi connectivity index (χ3v) is 5.06. The molecule has 1 aromatic rings. The quantitative estimate of drug-likeness (QED) is 0.913. The van der Waals surface area contributed by atoms with E-state index in [0.717, 1.165) is 29.7 Å². The van der Waals surface area contributed by atoms with Crippen LogP contribution in [0.3, 0.4) is 0 Å². The van der Waals surface area contributed by atoms with Gasteiger partial charge in [-0.15, -0.1) is 11.3 Å². The fraction of sp³-hybridized carbons (Fsp3) is 0.667. The summed E-state index contributed by atoms with van der Waals surface area (Å²) in [5.74, 6) is 0.698. The molecule has 0 bridgehead atoms. The van der Waals surface area contributed by atoms with Gasteiger partial charge in [-0.05, 0) is 12.8 Å². The molecule has 1 atom stereocenters. The minimum atomic E-state index is 0.652. The zero-order chi connectivity index (χ0) is 12.3. The van der Waals surface area contributed by atoms with Crippen molar-refractivity contribution in [2.45, 2.75) is 32.4 Å². The maximum atomic E-state index is 4.53. The Morgan fingerprint density at radius 2 is 2.35 bits per heavy atom. The number of hydrogen-bond donors (Lipinski definition) is 1. The number of aryl methyl sites for hydroxylation is 1. The maximum Gasteiger partial charge on any atom is 0.156 e. The predicted octanol–water partition coefficient (Wildman–Crippen LogP) is 2.71. The van der Waals surface area contributed by atoms with Crippen molar-refractivity contribution >= 4 is 28.3 Å². The summed E-state index contributed by atoms with van der Waals surface area (Å²) in [6, 6.07) is 0. The van der Waals surface area contributed by atoms with Crippen LogP contribution < -0.4 is 5.32 Å². The van der Waals surface area contributed by atoms with Crippen LogP contribution >= 0.6 is 23.1 Å². The minimum Gasteiger partial charge on any atom is -0.365 e. The highest BCUT2D eigenvalue weighted by atomic mass is 32.2. The Hall–Kier alpha value is -0.550. The number of nitrogens with one attached hydrogen (secondary N) is 1. The average molecular weight is 269 g/mol. The first-order chi connectivity index (χ1) is 8.15. The number of thiazole rings is 1. The van der Waals surface area contributed by atoms with Gasteiger partial charge < -0.3 is 5.32 Å². The lowest BCUT2D eigenvalue weighted by Crippen LogP contribution is -2.23. The standard InChI is InChI=1S/C12H19N3S2/c1-8(2)11-6-14-12(17-11)13-5-4-10-7-16-9(3)15-10/h7-8,11H,4-6H2,1-3H3,(H,13,14). The number of aromatic nitrogens is 1. The van der Waals surface area contributed by atoms with Crippen molar-refractivity contribution in [1.29, 1.82) is 0 Å². The van der Waals surface area contributed by atoms with Gasteiger partial charge in [-0.2, -0.15) is 0 Å². The molecule has 1 aliphatic heterocycles. The van der Waals surface area contributed by atoms with Crippen molar-refractivity contribution < 1.29 is 0 Å². The van der Waals surface area contributed by atoms with Crippen molar-refractivity contribution in [3.8, 4) is 0 Å². The van der Waals surface area contributed by atoms with Gasteiger partial charge in [0, 0.05) is 23.6 Å². The predicted molar refractivity (Wildman–Crippen MR) is 77.1 cm³/mol. The van der Waals surface area contributed by atoms with Crippen LogP contribution in [0.2, 0.25) is 0 Å². The normalized spacial score (nSPS) is 19.8. The summed E-state index contributed by atoms with van der Waals surface area (Å²) in [6.07, 6.45) is 0.982. The van der Waals surface area contributed by atoms with E-state index >= 15 is 0 Å². The van der Waals surface area contributed by atoms with Crippen molar-refractivity contribution in [2.75, 3.05) is 13.1 Å². The molecule has 5 heteroatoms. The second kappa shape index (κ2) is 5.87. The molecule has 0 aliphatic carbocycles. The van der Waals surface area contributed by atoms with Gasteiger partial charge >= 0.3 is 0 Å². The van der Waals surface area contributed by atoms with Gasteiger partial charge in [0.15, 0.2) is 5.17 Å². The monoisotopic (exact) mass is 269 g/mol. The zero-order valence-electron chi connectivity index (χ0n) is 10.6. The molecule has 1 aliphatic rings. The van der Waals surface area contributed by atoms with E-state index in [1.54, 1.807) is 11.3 Å². The first-order valence-corrected chi connectivity index (χ1v) is 7.77. The summed E-state index contributed by atoms with van der Waals surface area (Å²) < 4.78 is 0. The summed E-state index contributed by atoms with van der Waals surface area (Å²) in [4.78, 5) is 8.98. The van der Waals surface area contributed by atoms with Crippen LogP contribution in [-0.2, 0) is 6.42 Å². The Balaban J connectivity index is 1.70. The number of thioether (sulfide) groups is 1. The number of hydrogen-bond acceptors (Lipinski definition) is 5. The second-order valence-electron chi connectivity index (χ2n) is 4.58. The molecule has 0 fully saturated rings. The van der Waals surface area contributed by atoms with Gasteiger partial charge in [-0.1, -0.05) is 25.6 Å². The fourth-order valence-corrected chi connectivity index (χ4v) is 3.35. The van der Waals surface area contributed by atoms with Crippen LogP contribution in [0.5, 0.6) is 0 Å². The van der Waals surface area contributed by atoms with Crippen LogP contribution in [0.25, 0.3) is 0 Å². The van der Waals surface area contributed by atoms with Crippen LogP contribution in [0.4, 0.5) is 0 Å². The Morgan fingerprint density at radius 3 is 2.94 bits per heavy atom. The average Bonchev–Trinajstić information content (AvgIpc) is 2.88. The minimum absolute atomic E-state index is 0.652. The zero-order valence-corrected chi connectivity index (χ0v) is 12.2. The SMILES string of the molecule is Cc1nc(CCNC2=NCC(C(C)C)S2)cs1. The Bertz CT molecular complexity index is 398. The Morgan fingerprint density at radius 1 is 1.53 bits per heavy atom. The van der Waals surface area contributed by atoms with Gasteiger partial charge in [0.2, 0.25) is 0 Å². The summed E-state index contributed by atoms with van der Waals surface area (Å²) >= 11 is 3.60. The molecule has 0 saturated carbocycles. The third kappa shape index (κ3) is 3.71. The van der Waals surface area contributed by atoms with Crippen molar-refractivity contribution in [1.82, 2.24) is 10.3 Å². The summed E-state index contributed by atoms with van der Waals surface area (Å²) in [7, 11) is 0. The molecule has 0 amide bonds. The van der Waals surface area contributed by atoms with E-state index in [4.69, 9.17) is 0 Å². The van der Waals surface area contributed by atoms with Crippen LogP contribution in [-0.4, -0.2) is 28.5 Å². The van der Waals surface area contributed by atoms with E-state index in [1.807, 2.05) is 18.7 Å². The largest absolute Gasteiger partial charge is 0.365 e. The summed E-state index contributed by atoms with van der Waals surface area (Å²) in [5.41, 5.74) is 1.18. The van der Waals surface area contributed by atoms with Crippen LogP contribution in [0, 0.1) is 12.8 Å². The number of rotatable bonds is 4. The molecule has 1 N–H and O–H groups in total. The van der Waals surface area contributed by atoms with E-state index in [9.17, 15) is 0 Å². The topological polar surface area (TPSA) is 37.3 Å². The molecule has 1 aromatic heterocycles. The van der Waals surface area contributed by atoms with Gasteiger partial charge in [-0.3, -0.25) is 4.99 Å². The molecule has 3 nitrogen and oxygen atoms in total. The number of amidine groups is 1. The molecule has 94 valence electrons. The van der Waals surface area contributed by atoms with E-state index in [2.05, 4.69) is 34.5 Å². The second-order valence-corrected chi connectivity index (χ2v) is 6.87. The molecule has 2 heterocycles. The first kappa shape index (κ1) is 12.9. The Labute approximate surface area is 111 Å². The number of nitrogens with zero attached hydrogens (tertiary/aromatic N) is 2. The summed E-state index contributed by atoms with van der Waals surface area (Å²) in [5, 5.41) is 8.44. The lowest BCUT2D eigenvalue weighted by Gasteiger charge is -2.11. The molecule has 0 aromatic carbocycles. The maximum absolute atomic E-state index is 4.53. The third-order valence-electron chi connectivity index (χ3n) is 2.75. The molecule has 0 radical (unpaired) electrons. The van der Waals surface area contributed by atoms with E-state index < -0.39 is 0 Å². The lowest BCUT2D eigenvalue weighted by molar-refractivity contribution is 0.621. The van der Waals surface area contributed by atoms with E-state index in [1.165, 1.54) is 5.69 Å². The molecule has 0 saturated heterocycles. The Kier molecular flexibility index (Phi) is 4.45. The molecular formula is C12H19N3S2. The lowest BCUT2D eigenvalue weighted by atomic mass is 10.1. The highest BCUT2D eigenvalue weighted by Gasteiger charge is 2.21. The highest BCUT2D eigenvalue weighted by Crippen LogP contribution is 2.25. The van der Waals surface area contributed by atoms with Crippen LogP contribution in [0.1, 0.15) is 24.5 Å². The van der Waals surface area contributed by atoms with Gasteiger partial charge in [0.05, 0.1) is 17.2 Å². The smallest absolute Gasteiger partial charge is 0.156 e. The molecule has 0 spiro atoms. The van der Waals surface area contributed by atoms with Gasteiger partial charge in [0.25, 0.3) is 0 Å². The van der Waals surface area contributed by atoms with Crippen LogP contribution in [0.15, 0.2) is 10.4 Å². The molecule has 2 rings (SSSR count). The van der Waals surface area contributed by atoms with E-state index in [-0.39, 0.29) is 0 Å². The number of aliphatic imine (C=N–C) groups is 1. The fourth-order valence-electron chi connectivity index (χ4n) is 1.66. The summed E-state index contributed by atoms with van der Waals surface area (Å²) in [6.45, 7) is 8.45. The first-order valence-electron chi connectivity index (χ1n) is 6.01. The van der Waals surface area contributed by atoms with Gasteiger partial charge in [-0.25, -0.2) is 4.98 Å². The van der Waals surface area contributed by atoms with Crippen molar-refractivity contribution in [2.24, 2.45) is 10.9 Å². The van der Waals surface area contributed by atoms with Crippen molar-refractivity contribution in [3.05, 3.63) is 16.1 Å². The molecular weight excluding hydrogens is 250 g/mol. The van der Waals surface area contributed by atoms with E-state index in [0.29, 0.717) is 11.2 Å². The molecule has 1 unspecified atom stereocenters. The highest BCUT2D eigenvalue weighted by molar-refractivity contribution is 8.14.